The molecule has 0 saturated heterocycles. The Bertz CT molecular complexity index is 3200. The first-order valence-electron chi connectivity index (χ1n) is 21.2. The van der Waals surface area contributed by atoms with E-state index in [2.05, 4.69) is 264 Å². The Morgan fingerprint density at radius 2 is 0.581 bits per heavy atom. The number of aromatic nitrogens is 1. The highest BCUT2D eigenvalue weighted by atomic mass is 15.1. The largest absolute Gasteiger partial charge is 0.311 e. The maximum atomic E-state index is 2.40. The molecule has 11 rings (SSSR count). The number of benzene rings is 10. The van der Waals surface area contributed by atoms with Gasteiger partial charge in [-0.25, -0.2) is 0 Å². The van der Waals surface area contributed by atoms with Crippen LogP contribution < -0.4 is 4.90 Å². The second kappa shape index (κ2) is 16.1. The lowest BCUT2D eigenvalue weighted by molar-refractivity contribution is 1.18. The molecule has 0 aliphatic rings. The van der Waals surface area contributed by atoms with Crippen LogP contribution in [0.5, 0.6) is 0 Å². The molecule has 0 amide bonds. The van der Waals surface area contributed by atoms with Crippen LogP contribution >= 0.6 is 0 Å². The average molecular weight is 791 g/mol. The van der Waals surface area contributed by atoms with Crippen LogP contribution in [0.1, 0.15) is 0 Å². The Hall–Kier alpha value is -8.20. The van der Waals surface area contributed by atoms with Gasteiger partial charge in [0.2, 0.25) is 0 Å². The van der Waals surface area contributed by atoms with Crippen molar-refractivity contribution in [2.45, 2.75) is 0 Å². The molecule has 62 heavy (non-hydrogen) atoms. The summed E-state index contributed by atoms with van der Waals surface area (Å²) in [5, 5.41) is 2.49. The Morgan fingerprint density at radius 1 is 0.226 bits per heavy atom. The molecule has 2 nitrogen and oxygen atoms in total. The zero-order valence-corrected chi connectivity index (χ0v) is 34.1. The van der Waals surface area contributed by atoms with Gasteiger partial charge in [0.25, 0.3) is 0 Å². The van der Waals surface area contributed by atoms with Gasteiger partial charge in [-0.1, -0.05) is 182 Å². The van der Waals surface area contributed by atoms with Crippen LogP contribution in [0, 0.1) is 0 Å². The van der Waals surface area contributed by atoms with Gasteiger partial charge in [-0.3, -0.25) is 0 Å². The third kappa shape index (κ3) is 7.04. The predicted molar refractivity (Wildman–Crippen MR) is 263 cm³/mol. The number of anilines is 3. The van der Waals surface area contributed by atoms with Crippen molar-refractivity contribution in [2.24, 2.45) is 0 Å². The fourth-order valence-corrected chi connectivity index (χ4v) is 8.86. The summed E-state index contributed by atoms with van der Waals surface area (Å²) in [4.78, 5) is 2.34. The number of hydrogen-bond donors (Lipinski definition) is 0. The Morgan fingerprint density at radius 3 is 1.10 bits per heavy atom. The lowest BCUT2D eigenvalue weighted by atomic mass is 9.97. The summed E-state index contributed by atoms with van der Waals surface area (Å²) in [7, 11) is 0. The number of nitrogens with zero attached hydrogens (tertiary/aromatic N) is 2. The predicted octanol–water partition coefficient (Wildman–Crippen LogP) is 16.6. The number of para-hydroxylation sites is 1. The minimum atomic E-state index is 1.10. The number of fused-ring (bicyclic) bond motifs is 3. The third-order valence-electron chi connectivity index (χ3n) is 12.0. The second-order valence-corrected chi connectivity index (χ2v) is 15.8. The summed E-state index contributed by atoms with van der Waals surface area (Å²) in [6.45, 7) is 0. The van der Waals surface area contributed by atoms with Gasteiger partial charge in [-0.2, -0.15) is 0 Å². The molecule has 0 unspecified atom stereocenters. The van der Waals surface area contributed by atoms with Crippen molar-refractivity contribution in [2.75, 3.05) is 4.90 Å². The first kappa shape index (κ1) is 36.8. The van der Waals surface area contributed by atoms with Gasteiger partial charge >= 0.3 is 0 Å². The highest BCUT2D eigenvalue weighted by Crippen LogP contribution is 2.40. The van der Waals surface area contributed by atoms with Crippen molar-refractivity contribution in [1.82, 2.24) is 4.57 Å². The van der Waals surface area contributed by atoms with E-state index < -0.39 is 0 Å². The van der Waals surface area contributed by atoms with Crippen molar-refractivity contribution >= 4 is 38.9 Å². The molecule has 0 saturated carbocycles. The summed E-state index contributed by atoms with van der Waals surface area (Å²) in [6, 6.07) is 92.0. The molecule has 1 aromatic heterocycles. The lowest BCUT2D eigenvalue weighted by Gasteiger charge is -2.26. The van der Waals surface area contributed by atoms with Crippen LogP contribution in [-0.4, -0.2) is 4.57 Å². The van der Waals surface area contributed by atoms with Crippen LogP contribution in [0.15, 0.2) is 255 Å². The molecule has 2 heteroatoms. The first-order valence-corrected chi connectivity index (χ1v) is 21.2. The third-order valence-corrected chi connectivity index (χ3v) is 12.0. The van der Waals surface area contributed by atoms with Crippen molar-refractivity contribution < 1.29 is 0 Å². The smallest absolute Gasteiger partial charge is 0.0547 e. The van der Waals surface area contributed by atoms with E-state index in [1.807, 2.05) is 0 Å². The minimum Gasteiger partial charge on any atom is -0.311 e. The molecule has 0 aliphatic carbocycles. The van der Waals surface area contributed by atoms with Crippen LogP contribution in [0.3, 0.4) is 0 Å². The van der Waals surface area contributed by atoms with Gasteiger partial charge in [0.1, 0.15) is 0 Å². The van der Waals surface area contributed by atoms with Gasteiger partial charge in [0.05, 0.1) is 11.0 Å². The Labute approximate surface area is 362 Å². The summed E-state index contributed by atoms with van der Waals surface area (Å²) >= 11 is 0. The van der Waals surface area contributed by atoms with Crippen LogP contribution in [-0.2, 0) is 0 Å². The van der Waals surface area contributed by atoms with E-state index in [1.54, 1.807) is 0 Å². The van der Waals surface area contributed by atoms with Gasteiger partial charge < -0.3 is 9.47 Å². The van der Waals surface area contributed by atoms with E-state index in [1.165, 1.54) is 77.4 Å². The average Bonchev–Trinajstić information content (AvgIpc) is 3.69. The van der Waals surface area contributed by atoms with E-state index >= 15 is 0 Å². The van der Waals surface area contributed by atoms with E-state index in [0.717, 1.165) is 22.7 Å². The van der Waals surface area contributed by atoms with Crippen LogP contribution in [0.4, 0.5) is 17.1 Å². The molecule has 0 fully saturated rings. The summed E-state index contributed by atoms with van der Waals surface area (Å²) in [6.07, 6.45) is 0. The Kier molecular flexibility index (Phi) is 9.57. The quantitative estimate of drug-likeness (QED) is 0.141. The lowest BCUT2D eigenvalue weighted by Crippen LogP contribution is -2.09. The summed E-state index contributed by atoms with van der Waals surface area (Å²) in [5.74, 6) is 0. The molecule has 10 aromatic carbocycles. The molecule has 0 atom stereocenters. The summed E-state index contributed by atoms with van der Waals surface area (Å²) in [5.41, 5.74) is 18.8. The molecular formula is C60H42N2. The van der Waals surface area contributed by atoms with E-state index in [9.17, 15) is 0 Å². The highest BCUT2D eigenvalue weighted by molar-refractivity contribution is 6.11. The SMILES string of the molecule is c1ccc(-c2ccc(N(c3ccc(-c4ccccc4)cc3)c3ccc(-c4cccc(-c5ccc6c7cc(-c8ccccc8)ccc7n(-c7ccccc7)c6c5)c4)cc3)cc2)cc1. The molecule has 1 heterocycles. The van der Waals surface area contributed by atoms with Gasteiger partial charge in [0, 0.05) is 33.5 Å². The van der Waals surface area contributed by atoms with E-state index in [0.29, 0.717) is 0 Å². The van der Waals surface area contributed by atoms with Crippen molar-refractivity contribution in [3.8, 4) is 61.3 Å². The number of hydrogen-bond acceptors (Lipinski definition) is 1. The van der Waals surface area contributed by atoms with E-state index in [4.69, 9.17) is 0 Å². The van der Waals surface area contributed by atoms with Crippen molar-refractivity contribution in [3.05, 3.63) is 255 Å². The molecule has 11 aromatic rings. The molecule has 0 N–H and O–H groups in total. The zero-order chi connectivity index (χ0) is 41.2. The fraction of sp³-hybridized carbons (Fsp3) is 0. The molecule has 0 aliphatic heterocycles. The molecule has 292 valence electrons. The molecular weight excluding hydrogens is 749 g/mol. The summed E-state index contributed by atoms with van der Waals surface area (Å²) < 4.78 is 2.40. The van der Waals surface area contributed by atoms with Crippen molar-refractivity contribution in [1.29, 1.82) is 0 Å². The minimum absolute atomic E-state index is 1.10. The maximum absolute atomic E-state index is 2.40. The monoisotopic (exact) mass is 790 g/mol. The van der Waals surface area contributed by atoms with Crippen LogP contribution in [0.25, 0.3) is 83.1 Å². The molecule has 0 bridgehead atoms. The van der Waals surface area contributed by atoms with Crippen molar-refractivity contribution in [3.63, 3.8) is 0 Å². The topological polar surface area (TPSA) is 8.17 Å². The standard InChI is InChI=1S/C60H42N2/c1-5-14-43(15-6-1)46-24-32-54(33-25-46)61(55-34-26-47(27-35-55)44-16-7-2-8-17-44)56-36-28-48(29-37-56)49-20-13-21-50(40-49)52-30-38-57-58-41-51(45-18-9-3-10-19-45)31-39-59(58)62(60(57)42-52)53-22-11-4-12-23-53/h1-42H. The maximum Gasteiger partial charge on any atom is 0.0547 e. The Balaban J connectivity index is 0.948. The molecule has 0 spiro atoms. The first-order chi connectivity index (χ1) is 30.7. The normalized spacial score (nSPS) is 11.2. The second-order valence-electron chi connectivity index (χ2n) is 15.8. The van der Waals surface area contributed by atoms with Gasteiger partial charge in [-0.05, 0) is 128 Å². The van der Waals surface area contributed by atoms with Crippen LogP contribution in [0.2, 0.25) is 0 Å². The number of rotatable bonds is 9. The van der Waals surface area contributed by atoms with Gasteiger partial charge in [0.15, 0.2) is 0 Å². The van der Waals surface area contributed by atoms with E-state index in [-0.39, 0.29) is 0 Å². The fourth-order valence-electron chi connectivity index (χ4n) is 8.86. The zero-order valence-electron chi connectivity index (χ0n) is 34.1. The van der Waals surface area contributed by atoms with Gasteiger partial charge in [-0.15, -0.1) is 0 Å². The molecule has 0 radical (unpaired) electrons. The highest BCUT2D eigenvalue weighted by Gasteiger charge is 2.17.